The third-order valence-electron chi connectivity index (χ3n) is 10.6. The Morgan fingerprint density at radius 1 is 0.232 bits per heavy atom. The molecule has 56 heavy (non-hydrogen) atoms. The zero-order valence-electron chi connectivity index (χ0n) is 31.2. The molecule has 0 saturated carbocycles. The number of nitrogens with zero attached hydrogens (tertiary/aromatic N) is 2. The van der Waals surface area contributed by atoms with Gasteiger partial charge in [-0.2, -0.15) is 0 Å². The highest BCUT2D eigenvalue weighted by Crippen LogP contribution is 2.41. The van der Waals surface area contributed by atoms with Gasteiger partial charge in [0.05, 0.1) is 0 Å². The average Bonchev–Trinajstić information content (AvgIpc) is 3.29. The van der Waals surface area contributed by atoms with Crippen molar-refractivity contribution in [2.45, 2.75) is 12.8 Å². The first-order chi connectivity index (χ1) is 27.8. The van der Waals surface area contributed by atoms with Crippen molar-refractivity contribution in [3.8, 4) is 33.4 Å². The zero-order chi connectivity index (χ0) is 37.5. The zero-order valence-corrected chi connectivity index (χ0v) is 31.2. The van der Waals surface area contributed by atoms with E-state index in [0.717, 1.165) is 41.3 Å². The fourth-order valence-electron chi connectivity index (χ4n) is 7.68. The van der Waals surface area contributed by atoms with E-state index >= 15 is 0 Å². The fraction of sp³-hybridized carbons (Fsp3) is 0.0370. The second-order valence-electron chi connectivity index (χ2n) is 14.1. The van der Waals surface area contributed by atoms with Crippen LogP contribution in [0.15, 0.2) is 236 Å². The molecule has 1 aliphatic rings. The lowest BCUT2D eigenvalue weighted by atomic mass is 9.95. The van der Waals surface area contributed by atoms with Gasteiger partial charge in [0.2, 0.25) is 0 Å². The summed E-state index contributed by atoms with van der Waals surface area (Å²) in [5.41, 5.74) is 16.8. The summed E-state index contributed by atoms with van der Waals surface area (Å²) >= 11 is 0. The van der Waals surface area contributed by atoms with E-state index in [1.165, 1.54) is 50.2 Å². The molecule has 0 amide bonds. The van der Waals surface area contributed by atoms with Crippen LogP contribution in [0.5, 0.6) is 0 Å². The molecular formula is C54H42N2. The molecule has 0 bridgehead atoms. The SMILES string of the molecule is C1=C(c2ccccc2)CCC(N(c2ccc(-c3ccccc3)cc2)c2ccc(N(c3ccc(-c4ccccc4)cc3)c3ccc(-c4ccccc4)cc3)cc2)=C1. The number of hydrogen-bond donors (Lipinski definition) is 0. The third kappa shape index (κ3) is 7.46. The Balaban J connectivity index is 1.09. The van der Waals surface area contributed by atoms with Crippen LogP contribution in [0.25, 0.3) is 39.0 Å². The molecule has 0 aromatic heterocycles. The lowest BCUT2D eigenvalue weighted by molar-refractivity contribution is 0.930. The Labute approximate surface area is 330 Å². The summed E-state index contributed by atoms with van der Waals surface area (Å²) < 4.78 is 0. The average molecular weight is 719 g/mol. The minimum Gasteiger partial charge on any atom is -0.314 e. The third-order valence-corrected chi connectivity index (χ3v) is 10.6. The summed E-state index contributed by atoms with van der Waals surface area (Å²) in [7, 11) is 0. The highest BCUT2D eigenvalue weighted by molar-refractivity contribution is 5.82. The van der Waals surface area contributed by atoms with Crippen molar-refractivity contribution in [1.82, 2.24) is 0 Å². The topological polar surface area (TPSA) is 6.48 Å². The van der Waals surface area contributed by atoms with Crippen molar-refractivity contribution >= 4 is 34.0 Å². The smallest absolute Gasteiger partial charge is 0.0463 e. The maximum absolute atomic E-state index is 2.42. The molecule has 0 N–H and O–H groups in total. The van der Waals surface area contributed by atoms with Gasteiger partial charge < -0.3 is 9.80 Å². The van der Waals surface area contributed by atoms with Gasteiger partial charge in [0.1, 0.15) is 0 Å². The minimum atomic E-state index is 0.941. The van der Waals surface area contributed by atoms with Crippen molar-refractivity contribution < 1.29 is 0 Å². The lowest BCUT2D eigenvalue weighted by Crippen LogP contribution is -2.18. The monoisotopic (exact) mass is 718 g/mol. The van der Waals surface area contributed by atoms with E-state index in [4.69, 9.17) is 0 Å². The lowest BCUT2D eigenvalue weighted by Gasteiger charge is -2.31. The molecule has 0 heterocycles. The summed E-state index contributed by atoms with van der Waals surface area (Å²) in [6.45, 7) is 0. The molecule has 0 unspecified atom stereocenters. The van der Waals surface area contributed by atoms with E-state index in [9.17, 15) is 0 Å². The predicted molar refractivity (Wildman–Crippen MR) is 238 cm³/mol. The van der Waals surface area contributed by atoms with E-state index in [-0.39, 0.29) is 0 Å². The van der Waals surface area contributed by atoms with Gasteiger partial charge >= 0.3 is 0 Å². The quantitative estimate of drug-likeness (QED) is 0.139. The first-order valence-electron chi connectivity index (χ1n) is 19.4. The summed E-state index contributed by atoms with van der Waals surface area (Å²) in [5, 5.41) is 0. The van der Waals surface area contributed by atoms with Crippen LogP contribution in [0.3, 0.4) is 0 Å². The molecular weight excluding hydrogens is 677 g/mol. The van der Waals surface area contributed by atoms with Crippen molar-refractivity contribution in [2.24, 2.45) is 0 Å². The van der Waals surface area contributed by atoms with Gasteiger partial charge in [-0.25, -0.2) is 0 Å². The van der Waals surface area contributed by atoms with Crippen molar-refractivity contribution in [1.29, 1.82) is 0 Å². The van der Waals surface area contributed by atoms with Gasteiger partial charge in [0, 0.05) is 34.1 Å². The van der Waals surface area contributed by atoms with Crippen LogP contribution in [0.2, 0.25) is 0 Å². The van der Waals surface area contributed by atoms with Crippen molar-refractivity contribution in [3.05, 3.63) is 242 Å². The second-order valence-corrected chi connectivity index (χ2v) is 14.1. The Hall–Kier alpha value is -7.16. The Kier molecular flexibility index (Phi) is 9.92. The van der Waals surface area contributed by atoms with Gasteiger partial charge in [-0.3, -0.25) is 0 Å². The summed E-state index contributed by atoms with van der Waals surface area (Å²) in [6.07, 6.45) is 6.53. The number of rotatable bonds is 10. The molecule has 9 rings (SSSR count). The maximum atomic E-state index is 2.42. The molecule has 268 valence electrons. The molecule has 0 saturated heterocycles. The molecule has 0 spiro atoms. The molecule has 0 fully saturated rings. The van der Waals surface area contributed by atoms with Gasteiger partial charge in [-0.1, -0.05) is 164 Å². The normalized spacial score (nSPS) is 12.4. The van der Waals surface area contributed by atoms with Crippen LogP contribution in [-0.2, 0) is 0 Å². The van der Waals surface area contributed by atoms with Gasteiger partial charge in [0.15, 0.2) is 0 Å². The van der Waals surface area contributed by atoms with E-state index in [2.05, 4.69) is 240 Å². The van der Waals surface area contributed by atoms with Crippen LogP contribution in [0.1, 0.15) is 18.4 Å². The first kappa shape index (κ1) is 34.6. The fourth-order valence-corrected chi connectivity index (χ4v) is 7.68. The molecule has 0 radical (unpaired) electrons. The van der Waals surface area contributed by atoms with Crippen molar-refractivity contribution in [2.75, 3.05) is 9.80 Å². The second kappa shape index (κ2) is 16.1. The number of hydrogen-bond acceptors (Lipinski definition) is 2. The summed E-state index contributed by atoms with van der Waals surface area (Å²) in [6, 6.07) is 78.3. The Bertz CT molecular complexity index is 2470. The first-order valence-corrected chi connectivity index (χ1v) is 19.4. The molecule has 1 aliphatic carbocycles. The standard InChI is InChI=1S/C54H42N2/c1-5-13-41(14-6-1)45-21-29-49(30-22-45)55(50-31-23-46(24-32-50)42-15-7-2-8-16-42)53-37-39-54(40-38-53)56(51-33-25-47(26-34-51)43-17-9-3-10-18-43)52-35-27-48(28-36-52)44-19-11-4-12-20-44/h1-27,29-35,37-40H,28,36H2. The van der Waals surface area contributed by atoms with Crippen LogP contribution in [0, 0.1) is 0 Å². The van der Waals surface area contributed by atoms with Crippen LogP contribution in [0.4, 0.5) is 28.4 Å². The van der Waals surface area contributed by atoms with Crippen molar-refractivity contribution in [3.63, 3.8) is 0 Å². The molecule has 0 atom stereocenters. The van der Waals surface area contributed by atoms with Gasteiger partial charge in [0.25, 0.3) is 0 Å². The number of benzene rings is 8. The highest BCUT2D eigenvalue weighted by atomic mass is 15.2. The van der Waals surface area contributed by atoms with Crippen LogP contribution in [-0.4, -0.2) is 0 Å². The maximum Gasteiger partial charge on any atom is 0.0463 e. The van der Waals surface area contributed by atoms with Gasteiger partial charge in [-0.05, 0) is 124 Å². The van der Waals surface area contributed by atoms with Gasteiger partial charge in [-0.15, -0.1) is 0 Å². The molecule has 8 aromatic rings. The summed E-state index contributed by atoms with van der Waals surface area (Å²) in [5.74, 6) is 0. The Morgan fingerprint density at radius 3 is 0.839 bits per heavy atom. The molecule has 2 nitrogen and oxygen atoms in total. The summed E-state index contributed by atoms with van der Waals surface area (Å²) in [4.78, 5) is 4.77. The van der Waals surface area contributed by atoms with E-state index in [1.807, 2.05) is 0 Å². The molecule has 8 aromatic carbocycles. The van der Waals surface area contributed by atoms with E-state index in [0.29, 0.717) is 0 Å². The van der Waals surface area contributed by atoms with Crippen LogP contribution >= 0.6 is 0 Å². The highest BCUT2D eigenvalue weighted by Gasteiger charge is 2.20. The Morgan fingerprint density at radius 2 is 0.518 bits per heavy atom. The molecule has 2 heteroatoms. The largest absolute Gasteiger partial charge is 0.314 e. The minimum absolute atomic E-state index is 0.941. The number of allylic oxidation sites excluding steroid dienone is 4. The number of anilines is 5. The van der Waals surface area contributed by atoms with E-state index in [1.54, 1.807) is 0 Å². The predicted octanol–water partition coefficient (Wildman–Crippen LogP) is 15.1. The molecule has 0 aliphatic heterocycles. The van der Waals surface area contributed by atoms with E-state index < -0.39 is 0 Å². The van der Waals surface area contributed by atoms with Crippen LogP contribution < -0.4 is 9.80 Å².